The van der Waals surface area contributed by atoms with Gasteiger partial charge >= 0.3 is 0 Å². The molecule has 0 aliphatic heterocycles. The van der Waals surface area contributed by atoms with Gasteiger partial charge in [-0.25, -0.2) is 0 Å². The summed E-state index contributed by atoms with van der Waals surface area (Å²) in [6.45, 7) is 0. The summed E-state index contributed by atoms with van der Waals surface area (Å²) in [4.78, 5) is 22.6. The second kappa shape index (κ2) is 7.18. The quantitative estimate of drug-likeness (QED) is 0.424. The van der Waals surface area contributed by atoms with Gasteiger partial charge < -0.3 is 20.6 Å². The Kier molecular flexibility index (Phi) is 4.93. The topological polar surface area (TPSA) is 132 Å². The number of rotatable bonds is 4. The van der Waals surface area contributed by atoms with Gasteiger partial charge in [-0.15, -0.1) is 0 Å². The van der Waals surface area contributed by atoms with Crippen molar-refractivity contribution in [3.8, 4) is 17.1 Å². The zero-order valence-corrected chi connectivity index (χ0v) is 14.9. The molecule has 0 bridgehead atoms. The van der Waals surface area contributed by atoms with E-state index >= 15 is 0 Å². The Morgan fingerprint density at radius 3 is 2.52 bits per heavy atom. The molecule has 10 heteroatoms. The number of nitrogens with one attached hydrogen (secondary N) is 1. The minimum Gasteiger partial charge on any atom is -0.507 e. The lowest BCUT2D eigenvalue weighted by Crippen LogP contribution is -2.12. The lowest BCUT2D eigenvalue weighted by Gasteiger charge is -2.11. The highest BCUT2D eigenvalue weighted by Crippen LogP contribution is 2.37. The Hall–Kier alpha value is -3.23. The van der Waals surface area contributed by atoms with Crippen LogP contribution in [0.15, 0.2) is 47.1 Å². The Bertz CT molecular complexity index is 1060. The van der Waals surface area contributed by atoms with E-state index in [-0.39, 0.29) is 38.5 Å². The summed E-state index contributed by atoms with van der Waals surface area (Å²) in [5.41, 5.74) is 6.21. The minimum absolute atomic E-state index is 0.0249. The van der Waals surface area contributed by atoms with Gasteiger partial charge in [0.05, 0.1) is 38.2 Å². The fourth-order valence-electron chi connectivity index (χ4n) is 2.36. The molecule has 0 atom stereocenters. The van der Waals surface area contributed by atoms with Crippen LogP contribution in [0, 0.1) is 10.1 Å². The summed E-state index contributed by atoms with van der Waals surface area (Å²) in [7, 11) is 0. The number of nitrogens with zero attached hydrogens (tertiary/aromatic N) is 1. The van der Waals surface area contributed by atoms with Crippen LogP contribution in [0.25, 0.3) is 11.3 Å². The van der Waals surface area contributed by atoms with E-state index in [1.165, 1.54) is 36.6 Å². The monoisotopic (exact) mass is 407 g/mol. The van der Waals surface area contributed by atoms with Gasteiger partial charge in [0, 0.05) is 23.8 Å². The molecule has 1 aromatic heterocycles. The van der Waals surface area contributed by atoms with Crippen molar-refractivity contribution in [3.63, 3.8) is 0 Å². The number of benzene rings is 2. The zero-order chi connectivity index (χ0) is 19.7. The van der Waals surface area contributed by atoms with Gasteiger partial charge in [-0.2, -0.15) is 0 Å². The van der Waals surface area contributed by atoms with E-state index < -0.39 is 10.8 Å². The number of hydrogen-bond acceptors (Lipinski definition) is 6. The number of nitrogens with two attached hydrogens (primary N) is 1. The van der Waals surface area contributed by atoms with Crippen LogP contribution in [0.3, 0.4) is 0 Å². The van der Waals surface area contributed by atoms with Crippen molar-refractivity contribution in [3.05, 3.63) is 68.4 Å². The molecule has 0 saturated heterocycles. The molecule has 0 aliphatic rings. The predicted molar refractivity (Wildman–Crippen MR) is 101 cm³/mol. The fraction of sp³-hybridized carbons (Fsp3) is 0. The first kappa shape index (κ1) is 18.6. The van der Waals surface area contributed by atoms with Crippen LogP contribution in [0.1, 0.15) is 10.4 Å². The van der Waals surface area contributed by atoms with Crippen LogP contribution in [-0.4, -0.2) is 15.9 Å². The number of hydrogen-bond donors (Lipinski definition) is 3. The molecule has 0 spiro atoms. The molecule has 138 valence electrons. The Labute approximate surface area is 162 Å². The van der Waals surface area contributed by atoms with Gasteiger partial charge in [0.2, 0.25) is 0 Å². The summed E-state index contributed by atoms with van der Waals surface area (Å²) >= 11 is 12.1. The maximum Gasteiger partial charge on any atom is 0.271 e. The number of aromatic hydroxyl groups is 1. The van der Waals surface area contributed by atoms with E-state index in [0.29, 0.717) is 11.3 Å². The van der Waals surface area contributed by atoms with Gasteiger partial charge in [-0.3, -0.25) is 14.9 Å². The summed E-state index contributed by atoms with van der Waals surface area (Å²) in [5, 5.41) is 23.5. The van der Waals surface area contributed by atoms with Gasteiger partial charge in [0.15, 0.2) is 5.76 Å². The number of phenols is 1. The van der Waals surface area contributed by atoms with Crippen molar-refractivity contribution in [2.24, 2.45) is 0 Å². The first-order valence-corrected chi connectivity index (χ1v) is 8.14. The van der Waals surface area contributed by atoms with Crippen LogP contribution in [-0.2, 0) is 0 Å². The van der Waals surface area contributed by atoms with Gasteiger partial charge in [0.1, 0.15) is 5.75 Å². The molecular formula is C17H11Cl2N3O5. The zero-order valence-electron chi connectivity index (χ0n) is 13.4. The third kappa shape index (κ3) is 3.67. The van der Waals surface area contributed by atoms with E-state index in [1.54, 1.807) is 0 Å². The molecule has 3 aromatic rings. The Morgan fingerprint density at radius 2 is 1.93 bits per heavy atom. The van der Waals surface area contributed by atoms with E-state index in [1.807, 2.05) is 0 Å². The summed E-state index contributed by atoms with van der Waals surface area (Å²) in [6, 6.07) is 7.62. The van der Waals surface area contributed by atoms with Crippen molar-refractivity contribution >= 4 is 46.2 Å². The van der Waals surface area contributed by atoms with Crippen LogP contribution in [0.4, 0.5) is 17.1 Å². The van der Waals surface area contributed by atoms with Crippen molar-refractivity contribution in [2.45, 2.75) is 0 Å². The number of furan rings is 1. The van der Waals surface area contributed by atoms with Gasteiger partial charge in [-0.1, -0.05) is 23.2 Å². The fourth-order valence-corrected chi connectivity index (χ4v) is 2.84. The number of phenolic OH excluding ortho intramolecular Hbond substituents is 1. The first-order valence-electron chi connectivity index (χ1n) is 7.39. The second-order valence-electron chi connectivity index (χ2n) is 5.43. The molecule has 3 rings (SSSR count). The predicted octanol–water partition coefficient (Wildman–Crippen LogP) is 4.70. The molecule has 2 aromatic carbocycles. The van der Waals surface area contributed by atoms with Crippen LogP contribution in [0.2, 0.25) is 10.0 Å². The highest BCUT2D eigenvalue weighted by Gasteiger charge is 2.19. The highest BCUT2D eigenvalue weighted by atomic mass is 35.5. The van der Waals surface area contributed by atoms with E-state index in [9.17, 15) is 20.0 Å². The number of amides is 1. The van der Waals surface area contributed by atoms with Crippen LogP contribution >= 0.6 is 23.2 Å². The molecule has 8 nitrogen and oxygen atoms in total. The minimum atomic E-state index is -0.705. The number of halogens is 2. The molecule has 1 heterocycles. The molecule has 0 fully saturated rings. The molecule has 0 unspecified atom stereocenters. The average Bonchev–Trinajstić information content (AvgIpc) is 3.03. The van der Waals surface area contributed by atoms with E-state index in [0.717, 1.165) is 6.07 Å². The van der Waals surface area contributed by atoms with Crippen molar-refractivity contribution in [1.29, 1.82) is 0 Å². The molecule has 0 radical (unpaired) electrons. The third-order valence-corrected chi connectivity index (χ3v) is 4.31. The summed E-state index contributed by atoms with van der Waals surface area (Å²) in [6.07, 6.45) is 1.37. The van der Waals surface area contributed by atoms with Crippen molar-refractivity contribution < 1.29 is 19.2 Å². The van der Waals surface area contributed by atoms with Crippen molar-refractivity contribution in [2.75, 3.05) is 11.1 Å². The number of nitro groups is 1. The Morgan fingerprint density at radius 1 is 1.19 bits per heavy atom. The van der Waals surface area contributed by atoms with E-state index in [2.05, 4.69) is 5.32 Å². The molecule has 27 heavy (non-hydrogen) atoms. The number of non-ortho nitro benzene ring substituents is 1. The maximum atomic E-state index is 12.5. The average molecular weight is 408 g/mol. The lowest BCUT2D eigenvalue weighted by atomic mass is 10.1. The number of nitro benzene ring substituents is 1. The maximum absolute atomic E-state index is 12.5. The molecule has 1 amide bonds. The summed E-state index contributed by atoms with van der Waals surface area (Å²) < 4.78 is 5.23. The molecule has 4 N–H and O–H groups in total. The van der Waals surface area contributed by atoms with Gasteiger partial charge in [0.25, 0.3) is 11.6 Å². The number of carbonyl (C=O) groups excluding carboxylic acids is 1. The number of nitrogen functional groups attached to an aromatic ring is 1. The van der Waals surface area contributed by atoms with Gasteiger partial charge in [-0.05, 0) is 18.2 Å². The smallest absolute Gasteiger partial charge is 0.271 e. The van der Waals surface area contributed by atoms with Crippen LogP contribution in [0.5, 0.6) is 5.75 Å². The van der Waals surface area contributed by atoms with E-state index in [4.69, 9.17) is 33.4 Å². The molecule has 0 saturated carbocycles. The Balaban J connectivity index is 1.91. The SMILES string of the molecule is Nc1ccoc1-c1cc(O)c(C(=O)Nc2ccc([N+](=O)[O-])cc2Cl)cc1Cl. The molecular weight excluding hydrogens is 397 g/mol. The number of carbonyl (C=O) groups is 1. The standard InChI is InChI=1S/C17H11Cl2N3O5/c18-11-6-10(15(23)7-9(11)16-13(20)3-4-27-16)17(24)21-14-2-1-8(22(25)26)5-12(14)19/h1-7,23H,20H2,(H,21,24). The largest absolute Gasteiger partial charge is 0.507 e. The highest BCUT2D eigenvalue weighted by molar-refractivity contribution is 6.35. The van der Waals surface area contributed by atoms with Crippen molar-refractivity contribution in [1.82, 2.24) is 0 Å². The first-order chi connectivity index (χ1) is 12.8. The van der Waals surface area contributed by atoms with Crippen LogP contribution < -0.4 is 11.1 Å². The second-order valence-corrected chi connectivity index (χ2v) is 6.24. The summed E-state index contributed by atoms with van der Waals surface area (Å²) in [5.74, 6) is -0.800. The normalized spacial score (nSPS) is 10.6. The third-order valence-electron chi connectivity index (χ3n) is 3.68. The lowest BCUT2D eigenvalue weighted by molar-refractivity contribution is -0.384. The molecule has 0 aliphatic carbocycles. The number of anilines is 2.